The van der Waals surface area contributed by atoms with Crippen LogP contribution < -0.4 is 10.1 Å². The zero-order valence-electron chi connectivity index (χ0n) is 14.4. The number of nitro benzene ring substituents is 1. The van der Waals surface area contributed by atoms with E-state index >= 15 is 0 Å². The zero-order valence-corrected chi connectivity index (χ0v) is 14.4. The number of anilines is 1. The Morgan fingerprint density at radius 2 is 1.96 bits per heavy atom. The van der Waals surface area contributed by atoms with E-state index in [9.17, 15) is 19.7 Å². The van der Waals surface area contributed by atoms with Gasteiger partial charge in [-0.05, 0) is 36.6 Å². The maximum atomic E-state index is 12.0. The third kappa shape index (κ3) is 5.41. The SMILES string of the molecule is CCCCc1ccc(NC(=O)COc2ccc([N+](=O)[O-])cc2C=O)cc1. The molecule has 0 atom stereocenters. The van der Waals surface area contributed by atoms with Gasteiger partial charge in [-0.3, -0.25) is 19.7 Å². The summed E-state index contributed by atoms with van der Waals surface area (Å²) in [6, 6.07) is 11.2. The second kappa shape index (κ2) is 9.31. The number of rotatable bonds is 9. The molecule has 1 N–H and O–H groups in total. The number of non-ortho nitro benzene ring substituents is 1. The third-order valence-electron chi connectivity index (χ3n) is 3.75. The number of carbonyl (C=O) groups is 2. The van der Waals surface area contributed by atoms with E-state index in [-0.39, 0.29) is 29.5 Å². The fourth-order valence-corrected chi connectivity index (χ4v) is 2.35. The molecule has 0 aliphatic rings. The van der Waals surface area contributed by atoms with Gasteiger partial charge in [-0.1, -0.05) is 25.5 Å². The number of aryl methyl sites for hydroxylation is 1. The Morgan fingerprint density at radius 3 is 2.58 bits per heavy atom. The molecule has 0 aliphatic heterocycles. The minimum atomic E-state index is -0.604. The smallest absolute Gasteiger partial charge is 0.270 e. The van der Waals surface area contributed by atoms with E-state index in [0.717, 1.165) is 25.3 Å². The average Bonchev–Trinajstić information content (AvgIpc) is 2.65. The van der Waals surface area contributed by atoms with Crippen LogP contribution in [-0.4, -0.2) is 23.7 Å². The van der Waals surface area contributed by atoms with Gasteiger partial charge in [-0.15, -0.1) is 0 Å². The van der Waals surface area contributed by atoms with Crippen LogP contribution >= 0.6 is 0 Å². The topological polar surface area (TPSA) is 98.5 Å². The van der Waals surface area contributed by atoms with Crippen LogP contribution in [0.25, 0.3) is 0 Å². The number of aldehydes is 1. The lowest BCUT2D eigenvalue weighted by Crippen LogP contribution is -2.20. The lowest BCUT2D eigenvalue weighted by Gasteiger charge is -2.09. The van der Waals surface area contributed by atoms with Crippen molar-refractivity contribution in [2.24, 2.45) is 0 Å². The highest BCUT2D eigenvalue weighted by Gasteiger charge is 2.12. The zero-order chi connectivity index (χ0) is 18.9. The molecule has 2 rings (SSSR count). The number of nitro groups is 1. The Morgan fingerprint density at radius 1 is 1.23 bits per heavy atom. The van der Waals surface area contributed by atoms with Crippen molar-refractivity contribution in [3.63, 3.8) is 0 Å². The fraction of sp³-hybridized carbons (Fsp3) is 0.263. The van der Waals surface area contributed by atoms with Gasteiger partial charge in [-0.2, -0.15) is 0 Å². The van der Waals surface area contributed by atoms with Gasteiger partial charge in [0.2, 0.25) is 0 Å². The van der Waals surface area contributed by atoms with Crippen molar-refractivity contribution in [3.8, 4) is 5.75 Å². The van der Waals surface area contributed by atoms with E-state index in [0.29, 0.717) is 12.0 Å². The quantitative estimate of drug-likeness (QED) is 0.419. The van der Waals surface area contributed by atoms with Crippen LogP contribution in [0.2, 0.25) is 0 Å². The average molecular weight is 356 g/mol. The highest BCUT2D eigenvalue weighted by Crippen LogP contribution is 2.22. The maximum absolute atomic E-state index is 12.0. The molecule has 0 heterocycles. The second-order valence-corrected chi connectivity index (χ2v) is 5.73. The molecule has 7 heteroatoms. The molecule has 0 saturated carbocycles. The minimum absolute atomic E-state index is 0.0206. The number of unbranched alkanes of at least 4 members (excludes halogenated alkanes) is 1. The van der Waals surface area contributed by atoms with Gasteiger partial charge in [0.05, 0.1) is 10.5 Å². The predicted octanol–water partition coefficient (Wildman–Crippen LogP) is 3.77. The number of ether oxygens (including phenoxy) is 1. The number of benzene rings is 2. The van der Waals surface area contributed by atoms with Crippen LogP contribution in [0.3, 0.4) is 0 Å². The van der Waals surface area contributed by atoms with Crippen LogP contribution in [0.5, 0.6) is 5.75 Å². The van der Waals surface area contributed by atoms with Crippen molar-refractivity contribution in [1.29, 1.82) is 0 Å². The monoisotopic (exact) mass is 356 g/mol. The van der Waals surface area contributed by atoms with Crippen molar-refractivity contribution in [2.75, 3.05) is 11.9 Å². The number of nitrogens with zero attached hydrogens (tertiary/aromatic N) is 1. The second-order valence-electron chi connectivity index (χ2n) is 5.73. The molecule has 0 aliphatic carbocycles. The summed E-state index contributed by atoms with van der Waals surface area (Å²) in [6.45, 7) is 1.83. The molecule has 2 aromatic carbocycles. The molecule has 136 valence electrons. The molecule has 0 saturated heterocycles. The molecule has 7 nitrogen and oxygen atoms in total. The van der Waals surface area contributed by atoms with Crippen molar-refractivity contribution in [2.45, 2.75) is 26.2 Å². The summed E-state index contributed by atoms with van der Waals surface area (Å²) in [4.78, 5) is 33.1. The first-order chi connectivity index (χ1) is 12.5. The highest BCUT2D eigenvalue weighted by molar-refractivity contribution is 5.92. The highest BCUT2D eigenvalue weighted by atomic mass is 16.6. The number of carbonyl (C=O) groups excluding carboxylic acids is 2. The van der Waals surface area contributed by atoms with Crippen molar-refractivity contribution < 1.29 is 19.2 Å². The van der Waals surface area contributed by atoms with Gasteiger partial charge in [0.25, 0.3) is 11.6 Å². The molecule has 0 fully saturated rings. The van der Waals surface area contributed by atoms with Crippen molar-refractivity contribution in [3.05, 3.63) is 63.7 Å². The Balaban J connectivity index is 1.92. The van der Waals surface area contributed by atoms with Gasteiger partial charge in [-0.25, -0.2) is 0 Å². The van der Waals surface area contributed by atoms with Gasteiger partial charge in [0, 0.05) is 17.8 Å². The number of hydrogen-bond acceptors (Lipinski definition) is 5. The standard InChI is InChI=1S/C19H20N2O5/c1-2-3-4-14-5-7-16(8-6-14)20-19(23)13-26-18-10-9-17(21(24)25)11-15(18)12-22/h5-12H,2-4,13H2,1H3,(H,20,23). The van der Waals surface area contributed by atoms with Gasteiger partial charge in [0.15, 0.2) is 12.9 Å². The summed E-state index contributed by atoms with van der Waals surface area (Å²) < 4.78 is 5.31. The molecule has 0 unspecified atom stereocenters. The van der Waals surface area contributed by atoms with Crippen LogP contribution in [0.4, 0.5) is 11.4 Å². The summed E-state index contributed by atoms with van der Waals surface area (Å²) in [7, 11) is 0. The molecular formula is C19H20N2O5. The van der Waals surface area contributed by atoms with Crippen LogP contribution in [-0.2, 0) is 11.2 Å². The molecular weight excluding hydrogens is 336 g/mol. The molecule has 0 radical (unpaired) electrons. The molecule has 0 bridgehead atoms. The maximum Gasteiger partial charge on any atom is 0.270 e. The van der Waals surface area contributed by atoms with E-state index in [2.05, 4.69) is 12.2 Å². The van der Waals surface area contributed by atoms with Gasteiger partial charge < -0.3 is 10.1 Å². The van der Waals surface area contributed by atoms with E-state index in [4.69, 9.17) is 4.74 Å². The molecule has 1 amide bonds. The lowest BCUT2D eigenvalue weighted by atomic mass is 10.1. The molecule has 2 aromatic rings. The summed E-state index contributed by atoms with van der Waals surface area (Å²) in [5.74, 6) is -0.267. The summed E-state index contributed by atoms with van der Waals surface area (Å²) >= 11 is 0. The van der Waals surface area contributed by atoms with E-state index in [1.807, 2.05) is 24.3 Å². The van der Waals surface area contributed by atoms with Crippen LogP contribution in [0, 0.1) is 10.1 Å². The van der Waals surface area contributed by atoms with Gasteiger partial charge >= 0.3 is 0 Å². The largest absolute Gasteiger partial charge is 0.483 e. The Labute approximate surface area is 151 Å². The number of hydrogen-bond donors (Lipinski definition) is 1. The first-order valence-electron chi connectivity index (χ1n) is 8.28. The normalized spacial score (nSPS) is 10.2. The molecule has 0 aromatic heterocycles. The van der Waals surface area contributed by atoms with E-state index in [1.54, 1.807) is 0 Å². The van der Waals surface area contributed by atoms with Crippen molar-refractivity contribution >= 4 is 23.6 Å². The van der Waals surface area contributed by atoms with Crippen molar-refractivity contribution in [1.82, 2.24) is 0 Å². The van der Waals surface area contributed by atoms with E-state index in [1.165, 1.54) is 17.7 Å². The van der Waals surface area contributed by atoms with Crippen LogP contribution in [0.15, 0.2) is 42.5 Å². The number of nitrogens with one attached hydrogen (secondary N) is 1. The Bertz CT molecular complexity index is 787. The predicted molar refractivity (Wildman–Crippen MR) is 97.7 cm³/mol. The van der Waals surface area contributed by atoms with Crippen LogP contribution in [0.1, 0.15) is 35.7 Å². The number of amides is 1. The minimum Gasteiger partial charge on any atom is -0.483 e. The first-order valence-corrected chi connectivity index (χ1v) is 8.28. The summed E-state index contributed by atoms with van der Waals surface area (Å²) in [5.41, 5.74) is 1.67. The van der Waals surface area contributed by atoms with E-state index < -0.39 is 4.92 Å². The third-order valence-corrected chi connectivity index (χ3v) is 3.75. The fourth-order valence-electron chi connectivity index (χ4n) is 2.35. The Kier molecular flexibility index (Phi) is 6.84. The lowest BCUT2D eigenvalue weighted by molar-refractivity contribution is -0.384. The molecule has 0 spiro atoms. The summed E-state index contributed by atoms with van der Waals surface area (Å²) in [5, 5.41) is 13.4. The molecule has 26 heavy (non-hydrogen) atoms. The Hall–Kier alpha value is -3.22. The summed E-state index contributed by atoms with van der Waals surface area (Å²) in [6.07, 6.45) is 3.70. The van der Waals surface area contributed by atoms with Gasteiger partial charge in [0.1, 0.15) is 5.75 Å². The first kappa shape index (κ1) is 19.1.